The molecule has 20 heavy (non-hydrogen) atoms. The smallest absolute Gasteiger partial charge is 0.122 e. The molecule has 0 radical (unpaired) electrons. The zero-order valence-corrected chi connectivity index (χ0v) is 13.9. The first-order valence-electron chi connectivity index (χ1n) is 7.34. The molecule has 2 atom stereocenters. The lowest BCUT2D eigenvalue weighted by Crippen LogP contribution is -2.34. The molecular weight excluding hydrogens is 318 g/mol. The molecule has 1 aromatic rings. The van der Waals surface area contributed by atoms with E-state index in [0.717, 1.165) is 29.7 Å². The number of hydrogen-bond donors (Lipinski definition) is 1. The molecule has 0 aliphatic carbocycles. The first kappa shape index (κ1) is 15.8. The van der Waals surface area contributed by atoms with Crippen molar-refractivity contribution in [1.82, 2.24) is 5.32 Å². The molecule has 1 aliphatic rings. The fraction of sp³-hybridized carbons (Fsp3) is 0.625. The molecule has 0 saturated carbocycles. The zero-order valence-electron chi connectivity index (χ0n) is 12.3. The van der Waals surface area contributed by atoms with Gasteiger partial charge in [0, 0.05) is 17.1 Å². The summed E-state index contributed by atoms with van der Waals surface area (Å²) in [6.07, 6.45) is 6.11. The fourth-order valence-corrected chi connectivity index (χ4v) is 3.19. The Balaban J connectivity index is 1.99. The van der Waals surface area contributed by atoms with Gasteiger partial charge in [-0.1, -0.05) is 15.9 Å². The zero-order chi connectivity index (χ0) is 14.4. The van der Waals surface area contributed by atoms with E-state index >= 15 is 0 Å². The third-order valence-electron chi connectivity index (χ3n) is 3.94. The van der Waals surface area contributed by atoms with Crippen LogP contribution in [0.5, 0.6) is 5.75 Å². The molecule has 112 valence electrons. The van der Waals surface area contributed by atoms with Gasteiger partial charge >= 0.3 is 0 Å². The van der Waals surface area contributed by atoms with Gasteiger partial charge in [-0.2, -0.15) is 0 Å². The molecule has 0 amide bonds. The van der Waals surface area contributed by atoms with E-state index in [-0.39, 0.29) is 0 Å². The van der Waals surface area contributed by atoms with Crippen LogP contribution in [0.15, 0.2) is 22.7 Å². The Morgan fingerprint density at radius 1 is 1.45 bits per heavy atom. The van der Waals surface area contributed by atoms with Crippen LogP contribution < -0.4 is 10.1 Å². The van der Waals surface area contributed by atoms with Crippen molar-refractivity contribution in [1.29, 1.82) is 0 Å². The standard InChI is InChI=1S/C16H24BrNO2/c1-18-14(11-15-5-3-4-8-20-15)10-12-9-13(17)6-7-16(12)19-2/h6-7,9,14-15,18H,3-5,8,10-11H2,1-2H3. The molecule has 3 nitrogen and oxygen atoms in total. The van der Waals surface area contributed by atoms with Gasteiger partial charge in [-0.15, -0.1) is 0 Å². The summed E-state index contributed by atoms with van der Waals surface area (Å²) in [7, 11) is 3.75. The van der Waals surface area contributed by atoms with Gasteiger partial charge in [0.25, 0.3) is 0 Å². The summed E-state index contributed by atoms with van der Waals surface area (Å²) >= 11 is 3.54. The van der Waals surface area contributed by atoms with Gasteiger partial charge in [0.2, 0.25) is 0 Å². The Kier molecular flexibility index (Phi) is 6.33. The Bertz CT molecular complexity index is 419. The maximum absolute atomic E-state index is 5.85. The van der Waals surface area contributed by atoms with Gasteiger partial charge in [-0.3, -0.25) is 0 Å². The minimum Gasteiger partial charge on any atom is -0.496 e. The van der Waals surface area contributed by atoms with E-state index in [0.29, 0.717) is 12.1 Å². The average molecular weight is 342 g/mol. The first-order chi connectivity index (χ1) is 9.72. The molecule has 0 bridgehead atoms. The molecule has 0 spiro atoms. The molecule has 2 rings (SSSR count). The highest BCUT2D eigenvalue weighted by atomic mass is 79.9. The Morgan fingerprint density at radius 3 is 2.95 bits per heavy atom. The number of likely N-dealkylation sites (N-methyl/N-ethyl adjacent to an activating group) is 1. The molecule has 2 unspecified atom stereocenters. The van der Waals surface area contributed by atoms with Gasteiger partial charge in [-0.05, 0) is 62.9 Å². The molecule has 0 aromatic heterocycles. The van der Waals surface area contributed by atoms with Crippen LogP contribution in [0.2, 0.25) is 0 Å². The van der Waals surface area contributed by atoms with Gasteiger partial charge in [0.15, 0.2) is 0 Å². The molecule has 1 aromatic carbocycles. The summed E-state index contributed by atoms with van der Waals surface area (Å²) in [4.78, 5) is 0. The van der Waals surface area contributed by atoms with Gasteiger partial charge in [-0.25, -0.2) is 0 Å². The SMILES string of the molecule is CNC(Cc1cc(Br)ccc1OC)CC1CCCCO1. The third kappa shape index (κ3) is 4.47. The number of halogens is 1. The topological polar surface area (TPSA) is 30.5 Å². The summed E-state index contributed by atoms with van der Waals surface area (Å²) in [5, 5.41) is 3.42. The van der Waals surface area contributed by atoms with E-state index in [1.807, 2.05) is 19.2 Å². The van der Waals surface area contributed by atoms with Crippen molar-refractivity contribution in [2.24, 2.45) is 0 Å². The summed E-state index contributed by atoms with van der Waals surface area (Å²) in [6, 6.07) is 6.59. The quantitative estimate of drug-likeness (QED) is 0.858. The lowest BCUT2D eigenvalue weighted by molar-refractivity contribution is 0.00566. The second kappa shape index (κ2) is 8.01. The van der Waals surface area contributed by atoms with Gasteiger partial charge in [0.05, 0.1) is 13.2 Å². The predicted octanol–water partition coefficient (Wildman–Crippen LogP) is 3.55. The van der Waals surface area contributed by atoms with E-state index in [4.69, 9.17) is 9.47 Å². The van der Waals surface area contributed by atoms with Gasteiger partial charge < -0.3 is 14.8 Å². The van der Waals surface area contributed by atoms with Crippen molar-refractivity contribution in [2.75, 3.05) is 20.8 Å². The highest BCUT2D eigenvalue weighted by Gasteiger charge is 2.20. The number of ether oxygens (including phenoxy) is 2. The van der Waals surface area contributed by atoms with Crippen LogP contribution in [0.4, 0.5) is 0 Å². The average Bonchev–Trinajstić information content (AvgIpc) is 2.48. The second-order valence-electron chi connectivity index (χ2n) is 5.37. The van der Waals surface area contributed by atoms with E-state index < -0.39 is 0 Å². The summed E-state index contributed by atoms with van der Waals surface area (Å²) < 4.78 is 12.4. The number of methoxy groups -OCH3 is 1. The predicted molar refractivity (Wildman–Crippen MR) is 85.5 cm³/mol. The highest BCUT2D eigenvalue weighted by molar-refractivity contribution is 9.10. The Morgan fingerprint density at radius 2 is 2.30 bits per heavy atom. The molecule has 1 N–H and O–H groups in total. The van der Waals surface area contributed by atoms with Crippen molar-refractivity contribution in [3.63, 3.8) is 0 Å². The first-order valence-corrected chi connectivity index (χ1v) is 8.13. The normalized spacial score (nSPS) is 20.6. The van der Waals surface area contributed by atoms with Crippen LogP contribution in [0.25, 0.3) is 0 Å². The van der Waals surface area contributed by atoms with E-state index in [2.05, 4.69) is 27.3 Å². The second-order valence-corrected chi connectivity index (χ2v) is 6.29. The van der Waals surface area contributed by atoms with E-state index in [1.54, 1.807) is 7.11 Å². The lowest BCUT2D eigenvalue weighted by Gasteiger charge is -2.27. The van der Waals surface area contributed by atoms with Crippen molar-refractivity contribution < 1.29 is 9.47 Å². The summed E-state index contributed by atoms with van der Waals surface area (Å²) in [5.74, 6) is 0.956. The van der Waals surface area contributed by atoms with Crippen LogP contribution >= 0.6 is 15.9 Å². The van der Waals surface area contributed by atoms with Crippen LogP contribution in [0.1, 0.15) is 31.2 Å². The Hall–Kier alpha value is -0.580. The maximum atomic E-state index is 5.85. The largest absolute Gasteiger partial charge is 0.496 e. The van der Waals surface area contributed by atoms with Crippen molar-refractivity contribution in [3.8, 4) is 5.75 Å². The fourth-order valence-electron chi connectivity index (χ4n) is 2.79. The molecule has 1 saturated heterocycles. The number of hydrogen-bond acceptors (Lipinski definition) is 3. The third-order valence-corrected chi connectivity index (χ3v) is 4.43. The Labute approximate surface area is 130 Å². The van der Waals surface area contributed by atoms with E-state index in [1.165, 1.54) is 24.8 Å². The summed E-state index contributed by atoms with van der Waals surface area (Å²) in [6.45, 7) is 0.918. The number of nitrogens with one attached hydrogen (secondary N) is 1. The molecule has 1 heterocycles. The highest BCUT2D eigenvalue weighted by Crippen LogP contribution is 2.26. The molecule has 1 aliphatic heterocycles. The molecule has 1 fully saturated rings. The maximum Gasteiger partial charge on any atom is 0.122 e. The van der Waals surface area contributed by atoms with Crippen molar-refractivity contribution in [2.45, 2.75) is 44.2 Å². The van der Waals surface area contributed by atoms with Crippen LogP contribution in [0, 0.1) is 0 Å². The van der Waals surface area contributed by atoms with Crippen LogP contribution in [-0.2, 0) is 11.2 Å². The lowest BCUT2D eigenvalue weighted by atomic mass is 9.96. The molecular formula is C16H24BrNO2. The number of benzene rings is 1. The van der Waals surface area contributed by atoms with Crippen LogP contribution in [0.3, 0.4) is 0 Å². The summed E-state index contributed by atoms with van der Waals surface area (Å²) in [5.41, 5.74) is 1.23. The van der Waals surface area contributed by atoms with E-state index in [9.17, 15) is 0 Å². The molecule has 4 heteroatoms. The van der Waals surface area contributed by atoms with Crippen LogP contribution in [-0.4, -0.2) is 32.9 Å². The van der Waals surface area contributed by atoms with Crippen molar-refractivity contribution in [3.05, 3.63) is 28.2 Å². The minimum absolute atomic E-state index is 0.402. The van der Waals surface area contributed by atoms with Crippen molar-refractivity contribution >= 4 is 15.9 Å². The van der Waals surface area contributed by atoms with Gasteiger partial charge in [0.1, 0.15) is 5.75 Å². The number of rotatable bonds is 6. The monoisotopic (exact) mass is 341 g/mol. The minimum atomic E-state index is 0.402.